The Balaban J connectivity index is 1.89. The molecular weight excluding hydrogens is 386 g/mol. The molecule has 2 atom stereocenters. The van der Waals surface area contributed by atoms with Gasteiger partial charge >= 0.3 is 5.69 Å². The molecule has 0 saturated carbocycles. The van der Waals surface area contributed by atoms with Gasteiger partial charge in [0.05, 0.1) is 6.54 Å². The van der Waals surface area contributed by atoms with Crippen molar-refractivity contribution >= 4 is 17.1 Å². The molecule has 0 amide bonds. The zero-order valence-electron chi connectivity index (χ0n) is 17.8. The quantitative estimate of drug-likeness (QED) is 0.490. The van der Waals surface area contributed by atoms with Crippen LogP contribution in [0.25, 0.3) is 11.2 Å². The summed E-state index contributed by atoms with van der Waals surface area (Å²) in [5.74, 6) is 1.11. The molecule has 3 rings (SSSR count). The minimum atomic E-state index is -0.887. The highest BCUT2D eigenvalue weighted by Crippen LogP contribution is 2.18. The van der Waals surface area contributed by atoms with E-state index in [1.54, 1.807) is 11.6 Å². The molecule has 0 aliphatic heterocycles. The topological polar surface area (TPSA) is 114 Å². The molecule has 0 aliphatic carbocycles. The monoisotopic (exact) mass is 415 g/mol. The lowest BCUT2D eigenvalue weighted by atomic mass is 10.2. The SMILES string of the molecule is CCc1cccc(OC[C@@H](O)Cn2c(N[C@H](C)CC)nc3c2c(=O)[nH]c(=O)n3C)c1. The van der Waals surface area contributed by atoms with E-state index in [4.69, 9.17) is 4.74 Å². The Morgan fingerprint density at radius 1 is 1.30 bits per heavy atom. The van der Waals surface area contributed by atoms with Gasteiger partial charge in [0.2, 0.25) is 5.95 Å². The number of hydrogen-bond donors (Lipinski definition) is 3. The second-order valence-electron chi connectivity index (χ2n) is 7.46. The average molecular weight is 415 g/mol. The van der Waals surface area contributed by atoms with Gasteiger partial charge in [0, 0.05) is 13.1 Å². The van der Waals surface area contributed by atoms with Gasteiger partial charge in [0.1, 0.15) is 18.5 Å². The Hall–Kier alpha value is -3.07. The Labute approximate surface area is 174 Å². The summed E-state index contributed by atoms with van der Waals surface area (Å²) in [7, 11) is 1.55. The highest BCUT2D eigenvalue weighted by molar-refractivity contribution is 5.74. The number of rotatable bonds is 9. The number of anilines is 1. The number of aromatic amines is 1. The van der Waals surface area contributed by atoms with E-state index in [-0.39, 0.29) is 30.4 Å². The van der Waals surface area contributed by atoms with Crippen LogP contribution in [0.5, 0.6) is 5.75 Å². The van der Waals surface area contributed by atoms with Crippen molar-refractivity contribution in [3.63, 3.8) is 0 Å². The number of aryl methyl sites for hydroxylation is 2. The normalized spacial score (nSPS) is 13.4. The minimum absolute atomic E-state index is 0.0548. The van der Waals surface area contributed by atoms with Crippen molar-refractivity contribution in [1.29, 1.82) is 0 Å². The molecule has 2 heterocycles. The number of nitrogens with one attached hydrogen (secondary N) is 2. The Morgan fingerprint density at radius 2 is 2.07 bits per heavy atom. The highest BCUT2D eigenvalue weighted by atomic mass is 16.5. The maximum atomic E-state index is 12.5. The number of aliphatic hydroxyl groups is 1. The number of aliphatic hydroxyl groups excluding tert-OH is 1. The molecule has 3 N–H and O–H groups in total. The van der Waals surface area contributed by atoms with Gasteiger partial charge in [-0.15, -0.1) is 0 Å². The van der Waals surface area contributed by atoms with Crippen LogP contribution in [0.2, 0.25) is 0 Å². The van der Waals surface area contributed by atoms with E-state index < -0.39 is 17.4 Å². The maximum Gasteiger partial charge on any atom is 0.329 e. The number of H-pyrrole nitrogens is 1. The van der Waals surface area contributed by atoms with Crippen LogP contribution in [0, 0.1) is 0 Å². The highest BCUT2D eigenvalue weighted by Gasteiger charge is 2.20. The first-order valence-electron chi connectivity index (χ1n) is 10.2. The third-order valence-electron chi connectivity index (χ3n) is 5.14. The number of ether oxygens (including phenoxy) is 1. The van der Waals surface area contributed by atoms with Gasteiger partial charge in [-0.2, -0.15) is 4.98 Å². The smallest absolute Gasteiger partial charge is 0.329 e. The standard InChI is InChI=1S/C21H29N5O4/c1-5-13(3)22-20-23-18-17(19(28)24-21(29)25(18)4)26(20)11-15(27)12-30-16-9-7-8-14(6-2)10-16/h7-10,13,15,27H,5-6,11-12H2,1-4H3,(H,22,23)(H,24,28,29)/t13-,15+/m1/s1. The lowest BCUT2D eigenvalue weighted by Crippen LogP contribution is -2.31. The molecule has 1 aromatic carbocycles. The second-order valence-corrected chi connectivity index (χ2v) is 7.46. The van der Waals surface area contributed by atoms with Crippen molar-refractivity contribution in [3.05, 3.63) is 50.7 Å². The molecule has 162 valence electrons. The van der Waals surface area contributed by atoms with Crippen LogP contribution in [0.15, 0.2) is 33.9 Å². The maximum absolute atomic E-state index is 12.5. The van der Waals surface area contributed by atoms with Crippen LogP contribution in [-0.2, 0) is 20.0 Å². The van der Waals surface area contributed by atoms with Crippen molar-refractivity contribution in [1.82, 2.24) is 19.1 Å². The Morgan fingerprint density at radius 3 is 2.77 bits per heavy atom. The van der Waals surface area contributed by atoms with Gasteiger partial charge in [-0.25, -0.2) is 4.79 Å². The number of fused-ring (bicyclic) bond motifs is 1. The fourth-order valence-corrected chi connectivity index (χ4v) is 3.16. The van der Waals surface area contributed by atoms with Gasteiger partial charge in [-0.3, -0.25) is 14.3 Å². The van der Waals surface area contributed by atoms with E-state index in [1.165, 1.54) is 4.57 Å². The molecule has 0 saturated heterocycles. The van der Waals surface area contributed by atoms with Crippen molar-refractivity contribution in [2.45, 2.75) is 52.3 Å². The minimum Gasteiger partial charge on any atom is -0.491 e. The summed E-state index contributed by atoms with van der Waals surface area (Å²) in [6, 6.07) is 7.81. The lowest BCUT2D eigenvalue weighted by Gasteiger charge is -2.18. The zero-order chi connectivity index (χ0) is 21.8. The molecule has 9 heteroatoms. The number of aromatic nitrogens is 4. The van der Waals surface area contributed by atoms with Gasteiger partial charge in [0.15, 0.2) is 11.2 Å². The van der Waals surface area contributed by atoms with Gasteiger partial charge in [-0.1, -0.05) is 26.0 Å². The summed E-state index contributed by atoms with van der Waals surface area (Å²) >= 11 is 0. The van der Waals surface area contributed by atoms with Crippen molar-refractivity contribution in [2.24, 2.45) is 7.05 Å². The lowest BCUT2D eigenvalue weighted by molar-refractivity contribution is 0.0937. The van der Waals surface area contributed by atoms with E-state index in [2.05, 4.69) is 22.2 Å². The molecule has 0 spiro atoms. The molecule has 0 fully saturated rings. The summed E-state index contributed by atoms with van der Waals surface area (Å²) in [5, 5.41) is 13.9. The van der Waals surface area contributed by atoms with Crippen LogP contribution >= 0.6 is 0 Å². The number of hydrogen-bond acceptors (Lipinski definition) is 6. The number of nitrogens with zero attached hydrogens (tertiary/aromatic N) is 3. The van der Waals surface area contributed by atoms with Crippen LogP contribution in [0.4, 0.5) is 5.95 Å². The van der Waals surface area contributed by atoms with Gasteiger partial charge in [0.25, 0.3) is 5.56 Å². The Bertz CT molecular complexity index is 1130. The third kappa shape index (κ3) is 4.56. The van der Waals surface area contributed by atoms with E-state index in [9.17, 15) is 14.7 Å². The first kappa shape index (κ1) is 21.6. The number of benzene rings is 1. The zero-order valence-corrected chi connectivity index (χ0v) is 17.8. The molecule has 0 aliphatic rings. The van der Waals surface area contributed by atoms with E-state index >= 15 is 0 Å². The van der Waals surface area contributed by atoms with Crippen molar-refractivity contribution in [3.8, 4) is 5.75 Å². The van der Waals surface area contributed by atoms with E-state index in [0.29, 0.717) is 11.7 Å². The summed E-state index contributed by atoms with van der Waals surface area (Å²) in [5.41, 5.74) is 0.567. The summed E-state index contributed by atoms with van der Waals surface area (Å²) < 4.78 is 8.63. The van der Waals surface area contributed by atoms with Gasteiger partial charge < -0.3 is 19.7 Å². The van der Waals surface area contributed by atoms with Crippen LogP contribution in [0.3, 0.4) is 0 Å². The van der Waals surface area contributed by atoms with Crippen LogP contribution in [0.1, 0.15) is 32.8 Å². The largest absolute Gasteiger partial charge is 0.491 e. The molecule has 30 heavy (non-hydrogen) atoms. The van der Waals surface area contributed by atoms with Crippen molar-refractivity contribution in [2.75, 3.05) is 11.9 Å². The summed E-state index contributed by atoms with van der Waals surface area (Å²) in [4.78, 5) is 31.2. The molecule has 2 aromatic heterocycles. The van der Waals surface area contributed by atoms with E-state index in [0.717, 1.165) is 18.4 Å². The summed E-state index contributed by atoms with van der Waals surface area (Å²) in [6.45, 7) is 6.23. The van der Waals surface area contributed by atoms with Crippen LogP contribution < -0.4 is 21.3 Å². The predicted molar refractivity (Wildman–Crippen MR) is 116 cm³/mol. The first-order chi connectivity index (χ1) is 14.3. The molecule has 0 bridgehead atoms. The van der Waals surface area contributed by atoms with Gasteiger partial charge in [-0.05, 0) is 37.5 Å². The molecule has 3 aromatic rings. The first-order valence-corrected chi connectivity index (χ1v) is 10.2. The molecule has 0 radical (unpaired) electrons. The molecule has 9 nitrogen and oxygen atoms in total. The number of imidazole rings is 1. The van der Waals surface area contributed by atoms with E-state index in [1.807, 2.05) is 38.1 Å². The molecule has 0 unspecified atom stereocenters. The predicted octanol–water partition coefficient (Wildman–Crippen LogP) is 1.64. The third-order valence-corrected chi connectivity index (χ3v) is 5.14. The fraction of sp³-hybridized carbons (Fsp3) is 0.476. The Kier molecular flexibility index (Phi) is 6.61. The van der Waals surface area contributed by atoms with Crippen LogP contribution in [-0.4, -0.2) is 43.0 Å². The average Bonchev–Trinajstić information content (AvgIpc) is 3.09. The van der Waals surface area contributed by atoms with Crippen molar-refractivity contribution < 1.29 is 9.84 Å². The second kappa shape index (κ2) is 9.17. The summed E-state index contributed by atoms with van der Waals surface area (Å²) in [6.07, 6.45) is 0.854. The molecular formula is C21H29N5O4. The fourth-order valence-electron chi connectivity index (χ4n) is 3.16.